The summed E-state index contributed by atoms with van der Waals surface area (Å²) in [6, 6.07) is 4.32. The van der Waals surface area contributed by atoms with Crippen molar-refractivity contribution in [2.75, 3.05) is 19.8 Å². The van der Waals surface area contributed by atoms with Gasteiger partial charge in [0.1, 0.15) is 5.82 Å². The van der Waals surface area contributed by atoms with Crippen molar-refractivity contribution in [3.8, 4) is 0 Å². The van der Waals surface area contributed by atoms with Crippen molar-refractivity contribution >= 4 is 11.6 Å². The van der Waals surface area contributed by atoms with E-state index in [1.54, 1.807) is 6.07 Å². The maximum atomic E-state index is 13.0. The zero-order chi connectivity index (χ0) is 13.9. The van der Waals surface area contributed by atoms with E-state index in [1.165, 1.54) is 12.1 Å². The minimum absolute atomic E-state index is 0.0417. The summed E-state index contributed by atoms with van der Waals surface area (Å²) in [5, 5.41) is 14.0. The molecule has 0 radical (unpaired) electrons. The van der Waals surface area contributed by atoms with Crippen LogP contribution in [0.1, 0.15) is 31.4 Å². The van der Waals surface area contributed by atoms with Gasteiger partial charge >= 0.3 is 0 Å². The van der Waals surface area contributed by atoms with Crippen LogP contribution in [0.5, 0.6) is 0 Å². The first-order chi connectivity index (χ1) is 9.00. The Balaban J connectivity index is 1.95. The van der Waals surface area contributed by atoms with Crippen LogP contribution in [0.2, 0.25) is 5.02 Å². The lowest BCUT2D eigenvalue weighted by Gasteiger charge is -2.33. The third kappa shape index (κ3) is 3.89. The van der Waals surface area contributed by atoms with Crippen LogP contribution >= 0.6 is 11.6 Å². The van der Waals surface area contributed by atoms with Crippen molar-refractivity contribution in [2.24, 2.45) is 0 Å². The van der Waals surface area contributed by atoms with E-state index in [0.29, 0.717) is 37.6 Å². The molecule has 2 N–H and O–H groups in total. The van der Waals surface area contributed by atoms with Gasteiger partial charge in [-0.15, -0.1) is 0 Å². The minimum atomic E-state index is -0.723. The van der Waals surface area contributed by atoms with Crippen LogP contribution in [-0.2, 0) is 4.74 Å². The van der Waals surface area contributed by atoms with Crippen molar-refractivity contribution in [2.45, 2.75) is 31.4 Å². The van der Waals surface area contributed by atoms with E-state index in [9.17, 15) is 9.50 Å². The van der Waals surface area contributed by atoms with E-state index < -0.39 is 5.60 Å². The molecule has 1 aromatic rings. The highest BCUT2D eigenvalue weighted by atomic mass is 35.5. The lowest BCUT2D eigenvalue weighted by Crippen LogP contribution is -2.45. The molecule has 0 bridgehead atoms. The second-order valence-electron chi connectivity index (χ2n) is 5.11. The van der Waals surface area contributed by atoms with Gasteiger partial charge < -0.3 is 15.2 Å². The smallest absolute Gasteiger partial charge is 0.124 e. The molecule has 1 heterocycles. The average molecular weight is 288 g/mol. The van der Waals surface area contributed by atoms with Gasteiger partial charge in [-0.25, -0.2) is 4.39 Å². The standard InChI is InChI=1S/C14H19ClFNO2/c1-10(12-3-2-11(16)8-13(12)15)17-9-14(18)4-6-19-7-5-14/h2-3,8,10,17-18H,4-7,9H2,1H3. The fourth-order valence-electron chi connectivity index (χ4n) is 2.23. The molecule has 19 heavy (non-hydrogen) atoms. The number of halogens is 2. The topological polar surface area (TPSA) is 41.5 Å². The molecule has 1 fully saturated rings. The second kappa shape index (κ2) is 6.18. The van der Waals surface area contributed by atoms with Gasteiger partial charge in [-0.05, 0) is 24.6 Å². The normalized spacial score (nSPS) is 20.2. The maximum absolute atomic E-state index is 13.0. The first kappa shape index (κ1) is 14.7. The molecule has 1 saturated heterocycles. The van der Waals surface area contributed by atoms with Crippen LogP contribution in [0.15, 0.2) is 18.2 Å². The zero-order valence-electron chi connectivity index (χ0n) is 11.0. The average Bonchev–Trinajstić information content (AvgIpc) is 2.37. The Morgan fingerprint density at radius 3 is 2.79 bits per heavy atom. The predicted octanol–water partition coefficient (Wildman–Crippen LogP) is 2.67. The highest BCUT2D eigenvalue weighted by Crippen LogP contribution is 2.25. The van der Waals surface area contributed by atoms with Crippen LogP contribution in [0.3, 0.4) is 0 Å². The van der Waals surface area contributed by atoms with Gasteiger partial charge in [-0.3, -0.25) is 0 Å². The van der Waals surface area contributed by atoms with Crippen molar-refractivity contribution in [3.05, 3.63) is 34.6 Å². The fraction of sp³-hybridized carbons (Fsp3) is 0.571. The molecule has 1 aromatic carbocycles. The van der Waals surface area contributed by atoms with Gasteiger partial charge in [0.25, 0.3) is 0 Å². The molecule has 1 aliphatic rings. The number of nitrogens with one attached hydrogen (secondary N) is 1. The number of ether oxygens (including phenoxy) is 1. The van der Waals surface area contributed by atoms with E-state index in [-0.39, 0.29) is 11.9 Å². The third-order valence-corrected chi connectivity index (χ3v) is 3.92. The molecule has 2 rings (SSSR count). The molecule has 1 unspecified atom stereocenters. The third-order valence-electron chi connectivity index (χ3n) is 3.59. The number of rotatable bonds is 4. The predicted molar refractivity (Wildman–Crippen MR) is 72.8 cm³/mol. The lowest BCUT2D eigenvalue weighted by atomic mass is 9.94. The Kier molecular flexibility index (Phi) is 4.79. The van der Waals surface area contributed by atoms with Crippen LogP contribution in [0.4, 0.5) is 4.39 Å². The Morgan fingerprint density at radius 2 is 2.16 bits per heavy atom. The molecule has 0 aliphatic carbocycles. The van der Waals surface area contributed by atoms with E-state index >= 15 is 0 Å². The number of benzene rings is 1. The van der Waals surface area contributed by atoms with E-state index in [0.717, 1.165) is 5.56 Å². The summed E-state index contributed by atoms with van der Waals surface area (Å²) in [6.07, 6.45) is 1.26. The molecule has 0 saturated carbocycles. The van der Waals surface area contributed by atoms with Crippen LogP contribution < -0.4 is 5.32 Å². The summed E-state index contributed by atoms with van der Waals surface area (Å²) < 4.78 is 18.2. The fourth-order valence-corrected chi connectivity index (χ4v) is 2.56. The highest BCUT2D eigenvalue weighted by molar-refractivity contribution is 6.31. The molecule has 0 amide bonds. The van der Waals surface area contributed by atoms with E-state index in [1.807, 2.05) is 6.92 Å². The van der Waals surface area contributed by atoms with E-state index in [4.69, 9.17) is 16.3 Å². The van der Waals surface area contributed by atoms with Gasteiger partial charge in [-0.1, -0.05) is 17.7 Å². The first-order valence-electron chi connectivity index (χ1n) is 6.49. The van der Waals surface area contributed by atoms with Gasteiger partial charge in [0.05, 0.1) is 5.60 Å². The molecular formula is C14H19ClFNO2. The van der Waals surface area contributed by atoms with Crippen molar-refractivity contribution in [1.82, 2.24) is 5.32 Å². The molecule has 0 aromatic heterocycles. The molecule has 3 nitrogen and oxygen atoms in total. The minimum Gasteiger partial charge on any atom is -0.388 e. The van der Waals surface area contributed by atoms with Gasteiger partial charge in [-0.2, -0.15) is 0 Å². The van der Waals surface area contributed by atoms with Gasteiger partial charge in [0.2, 0.25) is 0 Å². The van der Waals surface area contributed by atoms with Crippen LogP contribution in [-0.4, -0.2) is 30.5 Å². The monoisotopic (exact) mass is 287 g/mol. The molecule has 106 valence electrons. The Morgan fingerprint density at radius 1 is 1.47 bits per heavy atom. The maximum Gasteiger partial charge on any atom is 0.124 e. The molecule has 5 heteroatoms. The van der Waals surface area contributed by atoms with Crippen molar-refractivity contribution < 1.29 is 14.2 Å². The summed E-state index contributed by atoms with van der Waals surface area (Å²) in [7, 11) is 0. The van der Waals surface area contributed by atoms with Gasteiger partial charge in [0, 0.05) is 43.7 Å². The molecule has 1 aliphatic heterocycles. The summed E-state index contributed by atoms with van der Waals surface area (Å²) in [6.45, 7) is 3.60. The summed E-state index contributed by atoms with van der Waals surface area (Å²) in [5.41, 5.74) is 0.109. The lowest BCUT2D eigenvalue weighted by molar-refractivity contribution is -0.0626. The second-order valence-corrected chi connectivity index (χ2v) is 5.51. The molecule has 0 spiro atoms. The molecule has 1 atom stereocenters. The van der Waals surface area contributed by atoms with Crippen LogP contribution in [0.25, 0.3) is 0 Å². The zero-order valence-corrected chi connectivity index (χ0v) is 11.7. The number of aliphatic hydroxyl groups is 1. The largest absolute Gasteiger partial charge is 0.388 e. The van der Waals surface area contributed by atoms with E-state index in [2.05, 4.69) is 5.32 Å². The summed E-state index contributed by atoms with van der Waals surface area (Å²) in [5.74, 6) is -0.344. The Labute approximate surface area is 117 Å². The summed E-state index contributed by atoms with van der Waals surface area (Å²) in [4.78, 5) is 0. The Bertz CT molecular complexity index is 435. The number of hydrogen-bond acceptors (Lipinski definition) is 3. The first-order valence-corrected chi connectivity index (χ1v) is 6.86. The van der Waals surface area contributed by atoms with Crippen molar-refractivity contribution in [3.63, 3.8) is 0 Å². The quantitative estimate of drug-likeness (QED) is 0.895. The summed E-state index contributed by atoms with van der Waals surface area (Å²) >= 11 is 6.02. The Hall–Kier alpha value is -0.680. The number of hydrogen-bond donors (Lipinski definition) is 2. The SMILES string of the molecule is CC(NCC1(O)CCOCC1)c1ccc(F)cc1Cl. The highest BCUT2D eigenvalue weighted by Gasteiger charge is 2.30. The molecular weight excluding hydrogens is 269 g/mol. The van der Waals surface area contributed by atoms with Gasteiger partial charge in [0.15, 0.2) is 0 Å². The van der Waals surface area contributed by atoms with Crippen molar-refractivity contribution in [1.29, 1.82) is 0 Å². The van der Waals surface area contributed by atoms with Crippen LogP contribution in [0, 0.1) is 5.82 Å².